The van der Waals surface area contributed by atoms with Gasteiger partial charge in [0.05, 0.1) is 6.04 Å². The van der Waals surface area contributed by atoms with Crippen molar-refractivity contribution in [3.63, 3.8) is 0 Å². The monoisotopic (exact) mass is 255 g/mol. The summed E-state index contributed by atoms with van der Waals surface area (Å²) in [6.07, 6.45) is 3.54. The third-order valence-electron chi connectivity index (χ3n) is 3.59. The van der Waals surface area contributed by atoms with Gasteiger partial charge in [-0.3, -0.25) is 10.4 Å². The van der Waals surface area contributed by atoms with Crippen molar-refractivity contribution in [3.05, 3.63) is 65.2 Å². The van der Waals surface area contributed by atoms with Crippen LogP contribution in [0.3, 0.4) is 0 Å². The van der Waals surface area contributed by atoms with E-state index in [9.17, 15) is 4.39 Å². The van der Waals surface area contributed by atoms with Crippen LogP contribution in [0.25, 0.3) is 0 Å². The van der Waals surface area contributed by atoms with Crippen molar-refractivity contribution in [2.45, 2.75) is 19.5 Å². The van der Waals surface area contributed by atoms with Crippen LogP contribution >= 0.6 is 0 Å². The highest BCUT2D eigenvalue weighted by atomic mass is 19.1. The molecule has 4 heteroatoms. The van der Waals surface area contributed by atoms with Gasteiger partial charge in [-0.2, -0.15) is 0 Å². The summed E-state index contributed by atoms with van der Waals surface area (Å²) < 4.78 is 13.3. The molecule has 0 saturated carbocycles. The summed E-state index contributed by atoms with van der Waals surface area (Å²) in [6, 6.07) is 8.58. The number of aromatic nitrogens is 1. The fourth-order valence-corrected chi connectivity index (χ4v) is 2.46. The van der Waals surface area contributed by atoms with E-state index in [1.54, 1.807) is 12.3 Å². The highest BCUT2D eigenvalue weighted by Gasteiger charge is 2.28. The second-order valence-corrected chi connectivity index (χ2v) is 4.74. The Morgan fingerprint density at radius 1 is 1.37 bits per heavy atom. The van der Waals surface area contributed by atoms with Gasteiger partial charge in [-0.25, -0.2) is 4.39 Å². The first kappa shape index (κ1) is 11.8. The SMILES string of the molecule is CC(c1cccnc1)N1Cc2ccc(F)cc2C1=N. The van der Waals surface area contributed by atoms with Crippen LogP contribution in [0.4, 0.5) is 4.39 Å². The second kappa shape index (κ2) is 4.46. The maximum Gasteiger partial charge on any atom is 0.129 e. The van der Waals surface area contributed by atoms with E-state index in [2.05, 4.69) is 4.98 Å². The Labute approximate surface area is 111 Å². The van der Waals surface area contributed by atoms with E-state index < -0.39 is 0 Å². The van der Waals surface area contributed by atoms with Crippen molar-refractivity contribution in [1.29, 1.82) is 5.41 Å². The summed E-state index contributed by atoms with van der Waals surface area (Å²) in [4.78, 5) is 6.07. The van der Waals surface area contributed by atoms with Gasteiger partial charge in [-0.05, 0) is 36.2 Å². The van der Waals surface area contributed by atoms with Crippen LogP contribution in [0.2, 0.25) is 0 Å². The minimum absolute atomic E-state index is 0.0525. The lowest BCUT2D eigenvalue weighted by Crippen LogP contribution is -2.27. The van der Waals surface area contributed by atoms with Crippen LogP contribution < -0.4 is 0 Å². The minimum Gasteiger partial charge on any atom is -0.345 e. The van der Waals surface area contributed by atoms with E-state index in [4.69, 9.17) is 5.41 Å². The summed E-state index contributed by atoms with van der Waals surface area (Å²) in [5.74, 6) is 0.0882. The first-order chi connectivity index (χ1) is 9.16. The molecule has 0 saturated heterocycles. The van der Waals surface area contributed by atoms with Crippen LogP contribution in [0.15, 0.2) is 42.7 Å². The third kappa shape index (κ3) is 1.99. The highest BCUT2D eigenvalue weighted by molar-refractivity contribution is 6.00. The fraction of sp³-hybridized carbons (Fsp3) is 0.200. The number of rotatable bonds is 2. The molecule has 2 heterocycles. The van der Waals surface area contributed by atoms with Gasteiger partial charge < -0.3 is 4.90 Å². The number of nitrogens with one attached hydrogen (secondary N) is 1. The van der Waals surface area contributed by atoms with Gasteiger partial charge in [0.1, 0.15) is 11.7 Å². The topological polar surface area (TPSA) is 40.0 Å². The Morgan fingerprint density at radius 3 is 2.95 bits per heavy atom. The largest absolute Gasteiger partial charge is 0.345 e. The van der Waals surface area contributed by atoms with E-state index in [0.717, 1.165) is 11.1 Å². The molecule has 1 unspecified atom stereocenters. The van der Waals surface area contributed by atoms with Crippen LogP contribution in [0.1, 0.15) is 29.7 Å². The summed E-state index contributed by atoms with van der Waals surface area (Å²) in [5.41, 5.74) is 2.75. The third-order valence-corrected chi connectivity index (χ3v) is 3.59. The van der Waals surface area contributed by atoms with Crippen molar-refractivity contribution in [3.8, 4) is 0 Å². The summed E-state index contributed by atoms with van der Waals surface area (Å²) in [5, 5.41) is 8.20. The molecule has 1 aromatic carbocycles. The number of fused-ring (bicyclic) bond motifs is 1. The molecule has 1 atom stereocenters. The molecule has 0 aliphatic carbocycles. The van der Waals surface area contributed by atoms with Gasteiger partial charge in [-0.1, -0.05) is 12.1 Å². The molecule has 0 spiro atoms. The Hall–Kier alpha value is -2.23. The van der Waals surface area contributed by atoms with Crippen molar-refractivity contribution in [2.24, 2.45) is 0 Å². The smallest absolute Gasteiger partial charge is 0.129 e. The highest BCUT2D eigenvalue weighted by Crippen LogP contribution is 2.31. The molecule has 1 aromatic heterocycles. The van der Waals surface area contributed by atoms with Crippen LogP contribution in [0, 0.1) is 11.2 Å². The Kier molecular flexibility index (Phi) is 2.78. The minimum atomic E-state index is -0.292. The number of amidine groups is 1. The van der Waals surface area contributed by atoms with Gasteiger partial charge >= 0.3 is 0 Å². The number of hydrogen-bond donors (Lipinski definition) is 1. The molecule has 19 heavy (non-hydrogen) atoms. The molecule has 1 N–H and O–H groups in total. The first-order valence-corrected chi connectivity index (χ1v) is 6.21. The molecule has 1 aliphatic rings. The lowest BCUT2D eigenvalue weighted by Gasteiger charge is -2.26. The van der Waals surface area contributed by atoms with Crippen molar-refractivity contribution in [2.75, 3.05) is 0 Å². The van der Waals surface area contributed by atoms with Crippen LogP contribution in [0.5, 0.6) is 0 Å². The fourth-order valence-electron chi connectivity index (χ4n) is 2.46. The van der Waals surface area contributed by atoms with Crippen LogP contribution in [-0.2, 0) is 6.54 Å². The molecule has 3 rings (SSSR count). The van der Waals surface area contributed by atoms with Gasteiger partial charge in [-0.15, -0.1) is 0 Å². The average molecular weight is 255 g/mol. The quantitative estimate of drug-likeness (QED) is 0.895. The maximum absolute atomic E-state index is 13.3. The number of halogens is 1. The summed E-state index contributed by atoms with van der Waals surface area (Å²) >= 11 is 0. The van der Waals surface area contributed by atoms with E-state index in [1.165, 1.54) is 12.1 Å². The van der Waals surface area contributed by atoms with Gasteiger partial charge in [0, 0.05) is 24.5 Å². The Bertz CT molecular complexity index is 625. The molecule has 0 radical (unpaired) electrons. The molecule has 96 valence electrons. The zero-order chi connectivity index (χ0) is 13.4. The lowest BCUT2D eigenvalue weighted by molar-refractivity contribution is 0.341. The van der Waals surface area contributed by atoms with Crippen LogP contribution in [-0.4, -0.2) is 15.7 Å². The van der Waals surface area contributed by atoms with Crippen molar-refractivity contribution >= 4 is 5.84 Å². The maximum atomic E-state index is 13.3. The molecule has 0 amide bonds. The van der Waals surface area contributed by atoms with Crippen molar-refractivity contribution < 1.29 is 4.39 Å². The number of hydrogen-bond acceptors (Lipinski definition) is 2. The molecule has 1 aliphatic heterocycles. The second-order valence-electron chi connectivity index (χ2n) is 4.74. The van der Waals surface area contributed by atoms with E-state index in [0.29, 0.717) is 17.9 Å². The molecule has 2 aromatic rings. The van der Waals surface area contributed by atoms with Gasteiger partial charge in [0.25, 0.3) is 0 Å². The Morgan fingerprint density at radius 2 is 2.21 bits per heavy atom. The zero-order valence-corrected chi connectivity index (χ0v) is 10.6. The zero-order valence-electron chi connectivity index (χ0n) is 10.6. The van der Waals surface area contributed by atoms with Gasteiger partial charge in [0.15, 0.2) is 0 Å². The lowest BCUT2D eigenvalue weighted by atomic mass is 10.1. The van der Waals surface area contributed by atoms with Gasteiger partial charge in [0.2, 0.25) is 0 Å². The van der Waals surface area contributed by atoms with Crippen molar-refractivity contribution in [1.82, 2.24) is 9.88 Å². The summed E-state index contributed by atoms with van der Waals surface area (Å²) in [6.45, 7) is 2.68. The first-order valence-electron chi connectivity index (χ1n) is 6.21. The molecule has 0 fully saturated rings. The van der Waals surface area contributed by atoms with E-state index >= 15 is 0 Å². The predicted octanol–water partition coefficient (Wildman–Crippen LogP) is 3.12. The normalized spacial score (nSPS) is 15.5. The molecule has 0 bridgehead atoms. The molecular weight excluding hydrogens is 241 g/mol. The molecule has 3 nitrogen and oxygen atoms in total. The Balaban J connectivity index is 1.92. The number of pyridine rings is 1. The standard InChI is InChI=1S/C15H14FN3/c1-10(11-3-2-6-18-8-11)19-9-12-4-5-13(16)7-14(12)15(19)17/h2-8,10,17H,9H2,1H3. The van der Waals surface area contributed by atoms with E-state index in [-0.39, 0.29) is 11.9 Å². The summed E-state index contributed by atoms with van der Waals surface area (Å²) in [7, 11) is 0. The number of nitrogens with zero attached hydrogens (tertiary/aromatic N) is 2. The predicted molar refractivity (Wildman–Crippen MR) is 71.4 cm³/mol. The average Bonchev–Trinajstić information content (AvgIpc) is 2.76. The number of benzene rings is 1. The van der Waals surface area contributed by atoms with E-state index in [1.807, 2.05) is 30.2 Å². The molecular formula is C15H14FN3.